The molecule has 1 fully saturated rings. The minimum atomic E-state index is -1.26. The summed E-state index contributed by atoms with van der Waals surface area (Å²) >= 11 is 6.52. The third kappa shape index (κ3) is 4.73. The van der Waals surface area contributed by atoms with Crippen LogP contribution in [-0.2, 0) is 4.79 Å². The molecule has 1 aliphatic rings. The SMILES string of the molecule is CCOc1ccc(N2C(=O)/C(=C\c3ccc(-c4cc(C(=O)O)cc(C(=O)O)c4)o3)SC2=S)cc1. The predicted molar refractivity (Wildman–Crippen MR) is 131 cm³/mol. The van der Waals surface area contributed by atoms with Crippen molar-refractivity contribution < 1.29 is 33.8 Å². The first kappa shape index (κ1) is 23.3. The van der Waals surface area contributed by atoms with Crippen LogP contribution >= 0.6 is 24.0 Å². The van der Waals surface area contributed by atoms with Crippen LogP contribution in [0.25, 0.3) is 17.4 Å². The molecule has 2 heterocycles. The molecule has 3 aromatic rings. The number of furan rings is 1. The molecule has 2 N–H and O–H groups in total. The average molecular weight is 496 g/mol. The number of carbonyl (C=O) groups excluding carboxylic acids is 1. The lowest BCUT2D eigenvalue weighted by atomic mass is 10.0. The van der Waals surface area contributed by atoms with Crippen molar-refractivity contribution >= 4 is 57.9 Å². The van der Waals surface area contributed by atoms with E-state index < -0.39 is 11.9 Å². The number of carboxylic acid groups (broad SMARTS) is 2. The summed E-state index contributed by atoms with van der Waals surface area (Å²) in [7, 11) is 0. The zero-order chi connectivity index (χ0) is 24.4. The highest BCUT2D eigenvalue weighted by Gasteiger charge is 2.33. The van der Waals surface area contributed by atoms with Crippen molar-refractivity contribution in [1.29, 1.82) is 0 Å². The minimum Gasteiger partial charge on any atom is -0.494 e. The Balaban J connectivity index is 1.60. The maximum absolute atomic E-state index is 13.0. The summed E-state index contributed by atoms with van der Waals surface area (Å²) < 4.78 is 11.6. The molecule has 0 saturated carbocycles. The summed E-state index contributed by atoms with van der Waals surface area (Å²) in [6.45, 7) is 2.42. The Labute approximate surface area is 203 Å². The van der Waals surface area contributed by atoms with Crippen LogP contribution in [0.2, 0.25) is 0 Å². The van der Waals surface area contributed by atoms with Gasteiger partial charge in [-0.1, -0.05) is 24.0 Å². The second-order valence-electron chi connectivity index (χ2n) is 7.06. The standard InChI is InChI=1S/C24H17NO7S2/c1-2-31-17-5-3-16(4-6-17)25-21(26)20(34-24(25)33)12-18-7-8-19(32-18)13-9-14(22(27)28)11-15(10-13)23(29)30/h3-12H,2H2,1H3,(H,27,28)(H,29,30)/b20-12+. The first-order valence-corrected chi connectivity index (χ1v) is 11.2. The van der Waals surface area contributed by atoms with Crippen LogP contribution < -0.4 is 9.64 Å². The average Bonchev–Trinajstić information content (AvgIpc) is 3.38. The van der Waals surface area contributed by atoms with Crippen molar-refractivity contribution in [3.05, 3.63) is 76.4 Å². The molecule has 4 rings (SSSR count). The van der Waals surface area contributed by atoms with Gasteiger partial charge in [0, 0.05) is 11.6 Å². The Hall–Kier alpha value is -3.89. The van der Waals surface area contributed by atoms with E-state index in [1.165, 1.54) is 23.1 Å². The fraction of sp³-hybridized carbons (Fsp3) is 0.0833. The Bertz CT molecular complexity index is 1310. The molecule has 10 heteroatoms. The van der Waals surface area contributed by atoms with Gasteiger partial charge in [-0.25, -0.2) is 9.59 Å². The summed E-state index contributed by atoms with van der Waals surface area (Å²) in [5, 5.41) is 18.5. The second kappa shape index (κ2) is 9.54. The number of rotatable bonds is 7. The molecule has 1 aliphatic heterocycles. The zero-order valence-corrected chi connectivity index (χ0v) is 19.3. The first-order valence-electron chi connectivity index (χ1n) is 9.99. The van der Waals surface area contributed by atoms with Crippen molar-refractivity contribution in [1.82, 2.24) is 0 Å². The number of hydrogen-bond donors (Lipinski definition) is 2. The minimum absolute atomic E-state index is 0.177. The van der Waals surface area contributed by atoms with Crippen molar-refractivity contribution in [2.24, 2.45) is 0 Å². The Morgan fingerprint density at radius 1 is 1.06 bits per heavy atom. The molecule has 8 nitrogen and oxygen atoms in total. The van der Waals surface area contributed by atoms with Crippen molar-refractivity contribution in [3.8, 4) is 17.1 Å². The molecule has 1 saturated heterocycles. The second-order valence-corrected chi connectivity index (χ2v) is 8.73. The van der Waals surface area contributed by atoms with Gasteiger partial charge in [0.15, 0.2) is 4.32 Å². The van der Waals surface area contributed by atoms with Gasteiger partial charge < -0.3 is 19.4 Å². The first-order chi connectivity index (χ1) is 16.3. The maximum Gasteiger partial charge on any atom is 0.335 e. The predicted octanol–water partition coefficient (Wildman–Crippen LogP) is 5.15. The van der Waals surface area contributed by atoms with Crippen molar-refractivity contribution in [2.45, 2.75) is 6.92 Å². The van der Waals surface area contributed by atoms with E-state index in [-0.39, 0.29) is 22.8 Å². The number of carboxylic acids is 2. The summed E-state index contributed by atoms with van der Waals surface area (Å²) in [4.78, 5) is 37.5. The Morgan fingerprint density at radius 3 is 2.29 bits per heavy atom. The van der Waals surface area contributed by atoms with E-state index in [4.69, 9.17) is 21.4 Å². The van der Waals surface area contributed by atoms with E-state index in [1.54, 1.807) is 36.4 Å². The van der Waals surface area contributed by atoms with Gasteiger partial charge in [-0.3, -0.25) is 9.69 Å². The molecule has 172 valence electrons. The number of anilines is 1. The third-order valence-corrected chi connectivity index (χ3v) is 6.11. The number of thiocarbonyl (C=S) groups is 1. The number of hydrogen-bond acceptors (Lipinski definition) is 7. The molecule has 0 unspecified atom stereocenters. The molecule has 0 spiro atoms. The third-order valence-electron chi connectivity index (χ3n) is 4.81. The van der Waals surface area contributed by atoms with Crippen molar-refractivity contribution in [3.63, 3.8) is 0 Å². The molecular weight excluding hydrogens is 478 g/mol. The van der Waals surface area contributed by atoms with Gasteiger partial charge in [-0.15, -0.1) is 0 Å². The molecular formula is C24H17NO7S2. The number of thioether (sulfide) groups is 1. The molecule has 0 atom stereocenters. The van der Waals surface area contributed by atoms with Gasteiger partial charge in [-0.05, 0) is 61.5 Å². The largest absolute Gasteiger partial charge is 0.494 e. The summed E-state index contributed by atoms with van der Waals surface area (Å²) in [5.74, 6) is -1.53. The number of carbonyl (C=O) groups is 3. The van der Waals surface area contributed by atoms with E-state index in [0.717, 1.165) is 17.8 Å². The van der Waals surface area contributed by atoms with Gasteiger partial charge in [-0.2, -0.15) is 0 Å². The van der Waals surface area contributed by atoms with Crippen LogP contribution in [0.3, 0.4) is 0 Å². The molecule has 0 aliphatic carbocycles. The highest BCUT2D eigenvalue weighted by Crippen LogP contribution is 2.37. The van der Waals surface area contributed by atoms with Crippen LogP contribution in [0, 0.1) is 0 Å². The fourth-order valence-corrected chi connectivity index (χ4v) is 4.56. The van der Waals surface area contributed by atoms with E-state index in [9.17, 15) is 24.6 Å². The monoisotopic (exact) mass is 495 g/mol. The molecule has 0 radical (unpaired) electrons. The molecule has 34 heavy (non-hydrogen) atoms. The number of aromatic carboxylic acids is 2. The fourth-order valence-electron chi connectivity index (χ4n) is 3.28. The normalized spacial score (nSPS) is 14.6. The van der Waals surface area contributed by atoms with Crippen LogP contribution in [0.5, 0.6) is 5.75 Å². The number of amides is 1. The zero-order valence-electron chi connectivity index (χ0n) is 17.7. The number of nitrogens with zero attached hydrogens (tertiary/aromatic N) is 1. The highest BCUT2D eigenvalue weighted by molar-refractivity contribution is 8.27. The molecule has 1 amide bonds. The number of ether oxygens (including phenoxy) is 1. The number of benzene rings is 2. The van der Waals surface area contributed by atoms with Gasteiger partial charge in [0.05, 0.1) is 28.3 Å². The van der Waals surface area contributed by atoms with Gasteiger partial charge in [0.1, 0.15) is 17.3 Å². The van der Waals surface area contributed by atoms with Crippen LogP contribution in [0.1, 0.15) is 33.4 Å². The Kier molecular flexibility index (Phi) is 6.53. The lowest BCUT2D eigenvalue weighted by molar-refractivity contribution is -0.113. The van der Waals surface area contributed by atoms with Crippen LogP contribution in [0.4, 0.5) is 5.69 Å². The quantitative estimate of drug-likeness (QED) is 0.339. The van der Waals surface area contributed by atoms with Crippen LogP contribution in [0.15, 0.2) is 63.9 Å². The summed E-state index contributed by atoms with van der Waals surface area (Å²) in [6.07, 6.45) is 1.54. The lowest BCUT2D eigenvalue weighted by Gasteiger charge is -2.15. The van der Waals surface area contributed by atoms with E-state index >= 15 is 0 Å². The van der Waals surface area contributed by atoms with E-state index in [2.05, 4.69) is 0 Å². The van der Waals surface area contributed by atoms with Crippen LogP contribution in [-0.4, -0.2) is 39.0 Å². The van der Waals surface area contributed by atoms with Gasteiger partial charge in [0.25, 0.3) is 5.91 Å². The lowest BCUT2D eigenvalue weighted by Crippen LogP contribution is -2.27. The topological polar surface area (TPSA) is 117 Å². The van der Waals surface area contributed by atoms with Gasteiger partial charge >= 0.3 is 11.9 Å². The van der Waals surface area contributed by atoms with Crippen molar-refractivity contribution in [2.75, 3.05) is 11.5 Å². The molecule has 2 aromatic carbocycles. The molecule has 1 aromatic heterocycles. The Morgan fingerprint density at radius 2 is 1.71 bits per heavy atom. The highest BCUT2D eigenvalue weighted by atomic mass is 32.2. The molecule has 0 bridgehead atoms. The maximum atomic E-state index is 13.0. The summed E-state index contributed by atoms with van der Waals surface area (Å²) in [5.41, 5.74) is 0.549. The summed E-state index contributed by atoms with van der Waals surface area (Å²) in [6, 6.07) is 13.9. The van der Waals surface area contributed by atoms with E-state index in [1.807, 2.05) is 6.92 Å². The smallest absolute Gasteiger partial charge is 0.335 e. The van der Waals surface area contributed by atoms with Gasteiger partial charge in [0.2, 0.25) is 0 Å². The van der Waals surface area contributed by atoms with E-state index in [0.29, 0.717) is 38.6 Å².